The van der Waals surface area contributed by atoms with E-state index in [1.54, 1.807) is 0 Å². The Morgan fingerprint density at radius 3 is 1.27 bits per heavy atom. The molecule has 0 amide bonds. The molecule has 0 atom stereocenters. The van der Waals surface area contributed by atoms with E-state index in [9.17, 15) is 0 Å². The Morgan fingerprint density at radius 2 is 0.976 bits per heavy atom. The Kier molecular flexibility index (Phi) is 13.5. The number of rotatable bonds is 8. The van der Waals surface area contributed by atoms with Crippen molar-refractivity contribution in [3.63, 3.8) is 0 Å². The maximum atomic E-state index is 5.64. The van der Waals surface area contributed by atoms with Crippen molar-refractivity contribution in [2.45, 2.75) is 52.6 Å². The smallest absolute Gasteiger partial charge is 0.626 e. The van der Waals surface area contributed by atoms with Crippen LogP contribution in [0.3, 0.4) is 0 Å². The third kappa shape index (κ3) is 8.72. The molecule has 4 aromatic rings. The summed E-state index contributed by atoms with van der Waals surface area (Å²) in [5.41, 5.74) is 2.66. The van der Waals surface area contributed by atoms with E-state index in [1.165, 1.54) is 34.1 Å². The molecule has 1 aliphatic heterocycles. The maximum Gasteiger partial charge on any atom is 1.00 e. The first-order valence-corrected chi connectivity index (χ1v) is 18.1. The predicted molar refractivity (Wildman–Crippen MR) is 179 cm³/mol. The van der Waals surface area contributed by atoms with Crippen LogP contribution in [0.15, 0.2) is 121 Å². The molecule has 0 aromatic heterocycles. The fraction of sp³-hybridized carbons (Fsp3) is 0.286. The van der Waals surface area contributed by atoms with Gasteiger partial charge < -0.3 is 9.82 Å². The second-order valence-corrected chi connectivity index (χ2v) is 17.0. The zero-order valence-corrected chi connectivity index (χ0v) is 27.1. The third-order valence-corrected chi connectivity index (χ3v) is 15.5. The molecule has 1 heterocycles. The Labute approximate surface area is 260 Å². The molecule has 0 aliphatic carbocycles. The van der Waals surface area contributed by atoms with E-state index in [0.29, 0.717) is 6.04 Å². The van der Waals surface area contributed by atoms with E-state index < -0.39 is 14.1 Å². The zero-order chi connectivity index (χ0) is 28.3. The molecule has 0 spiro atoms. The van der Waals surface area contributed by atoms with Crippen LogP contribution >= 0.6 is 14.1 Å². The summed E-state index contributed by atoms with van der Waals surface area (Å²) in [6.07, 6.45) is 2.56. The van der Waals surface area contributed by atoms with E-state index in [1.807, 2.05) is 0 Å². The number of ether oxygens (including phenoxy) is 1. The van der Waals surface area contributed by atoms with Crippen LogP contribution in [-0.4, -0.2) is 30.8 Å². The van der Waals surface area contributed by atoms with Crippen molar-refractivity contribution in [3.05, 3.63) is 126 Å². The van der Waals surface area contributed by atoms with Gasteiger partial charge in [-0.25, -0.2) is 0 Å². The van der Waals surface area contributed by atoms with Crippen molar-refractivity contribution in [2.24, 2.45) is 0 Å². The molecule has 1 aliphatic rings. The van der Waals surface area contributed by atoms with Gasteiger partial charge in [-0.1, -0.05) is 111 Å². The third-order valence-electron chi connectivity index (χ3n) is 6.67. The molecule has 0 bridgehead atoms. The average molecular weight is 578 g/mol. The predicted octanol–water partition coefficient (Wildman–Crippen LogP) is 3.25. The molecular weight excluding hydrogens is 533 g/mol. The van der Waals surface area contributed by atoms with Gasteiger partial charge in [0.15, 0.2) is 7.05 Å². The Bertz CT molecular complexity index is 1310. The minimum atomic E-state index is -2.28. The molecule has 1 N–H and O–H groups in total. The molecule has 5 rings (SSSR count). The van der Waals surface area contributed by atoms with Gasteiger partial charge >= 0.3 is 18.9 Å². The van der Waals surface area contributed by atoms with Crippen molar-refractivity contribution in [1.29, 1.82) is 0 Å². The molecule has 0 unspecified atom stereocenters. The summed E-state index contributed by atoms with van der Waals surface area (Å²) in [6.45, 7) is 10.9. The van der Waals surface area contributed by atoms with Crippen LogP contribution in [0.1, 0.15) is 40.5 Å². The van der Waals surface area contributed by atoms with Gasteiger partial charge in [0.05, 0.1) is 0 Å². The normalized spacial score (nSPS) is 13.2. The molecular formula is C35H44LiN2OP2+. The summed E-state index contributed by atoms with van der Waals surface area (Å²) >= 11 is 0. The molecule has 0 saturated carbocycles. The quantitative estimate of drug-likeness (QED) is 0.254. The number of nitrogens with zero attached hydrogens (tertiary/aromatic N) is 1. The molecule has 0 radical (unpaired) electrons. The molecule has 210 valence electrons. The number of benzene rings is 4. The Hall–Kier alpha value is -2.07. The van der Waals surface area contributed by atoms with E-state index in [4.69, 9.17) is 9.82 Å². The summed E-state index contributed by atoms with van der Waals surface area (Å²) < 4.78 is 9.06. The van der Waals surface area contributed by atoms with Gasteiger partial charge in [0.2, 0.25) is 0 Å². The van der Waals surface area contributed by atoms with Crippen molar-refractivity contribution >= 4 is 40.8 Å². The Morgan fingerprint density at radius 1 is 0.610 bits per heavy atom. The van der Waals surface area contributed by atoms with Crippen LogP contribution < -0.4 is 44.8 Å². The van der Waals surface area contributed by atoms with E-state index in [-0.39, 0.29) is 24.9 Å². The second-order valence-electron chi connectivity index (χ2n) is 10.7. The summed E-state index contributed by atoms with van der Waals surface area (Å²) in [6, 6.07) is 44.3. The second kappa shape index (κ2) is 16.5. The van der Waals surface area contributed by atoms with Crippen LogP contribution in [0, 0.1) is 0 Å². The van der Waals surface area contributed by atoms with Crippen LogP contribution in [-0.2, 0) is 4.74 Å². The van der Waals surface area contributed by atoms with Crippen LogP contribution in [0.4, 0.5) is 0 Å². The minimum absolute atomic E-state index is 0. The summed E-state index contributed by atoms with van der Waals surface area (Å²) in [7, 11) is -4.46. The molecule has 41 heavy (non-hydrogen) atoms. The summed E-state index contributed by atoms with van der Waals surface area (Å²) in [5.74, 6) is 0. The van der Waals surface area contributed by atoms with Crippen LogP contribution in [0.2, 0.25) is 0 Å². The van der Waals surface area contributed by atoms with Crippen LogP contribution in [0.5, 0.6) is 0 Å². The standard InChI is InChI=1S/C31H35N2P2.C4H8O.Li/c1-26(2)32-34(28-17-9-5-10-18-28,29-19-11-6-12-20-29)25-35(33-27(3)4,30-21-13-7-14-22-30)31-23-15-8-16-24-31;1-2-4-5-3-1;/h5-27H,1-4H3;1-4H2;/q-1;;+1/p+1. The van der Waals surface area contributed by atoms with Gasteiger partial charge in [0.25, 0.3) is 0 Å². The van der Waals surface area contributed by atoms with Crippen molar-refractivity contribution in [3.8, 4) is 0 Å². The van der Waals surface area contributed by atoms with Crippen molar-refractivity contribution in [2.75, 3.05) is 13.2 Å². The number of hydrogen-bond donors (Lipinski definition) is 1. The van der Waals surface area contributed by atoms with Gasteiger partial charge in [0.1, 0.15) is 6.04 Å². The number of hydrogen-bond acceptors (Lipinski definition) is 1. The molecule has 1 saturated heterocycles. The van der Waals surface area contributed by atoms with Gasteiger partial charge in [-0.15, -0.1) is 13.1 Å². The fourth-order valence-corrected chi connectivity index (χ4v) is 15.0. The summed E-state index contributed by atoms with van der Waals surface area (Å²) in [5, 5.41) is 10.9. The zero-order valence-electron chi connectivity index (χ0n) is 25.4. The van der Waals surface area contributed by atoms with Crippen molar-refractivity contribution < 1.29 is 28.3 Å². The van der Waals surface area contributed by atoms with Gasteiger partial charge in [-0.3, -0.25) is 4.74 Å². The largest absolute Gasteiger partial charge is 1.00 e. The van der Waals surface area contributed by atoms with Gasteiger partial charge in [-0.05, 0) is 67.1 Å². The van der Waals surface area contributed by atoms with E-state index in [0.717, 1.165) is 13.2 Å². The van der Waals surface area contributed by atoms with E-state index >= 15 is 0 Å². The topological polar surface area (TPSA) is 37.3 Å². The molecule has 6 heteroatoms. The average Bonchev–Trinajstić information content (AvgIpc) is 3.58. The SMILES string of the molecule is C1CCOC1.CC(C)[N-]P(=CP(=[NH+]C(C)C)(c1ccccc1)c1ccccc1)(c1ccccc1)c1ccccc1.[Li+]. The first kappa shape index (κ1) is 33.4. The fourth-order valence-electron chi connectivity index (χ4n) is 5.08. The van der Waals surface area contributed by atoms with E-state index in [2.05, 4.69) is 159 Å². The Balaban J connectivity index is 0.000000696. The van der Waals surface area contributed by atoms with Crippen LogP contribution in [0.25, 0.3) is 5.09 Å². The molecule has 4 aromatic carbocycles. The summed E-state index contributed by atoms with van der Waals surface area (Å²) in [4.78, 5) is 0. The number of nitrogens with one attached hydrogen (secondary N) is 1. The van der Waals surface area contributed by atoms with Crippen molar-refractivity contribution in [1.82, 2.24) is 0 Å². The molecule has 1 fully saturated rings. The van der Waals surface area contributed by atoms with Gasteiger partial charge in [0, 0.05) is 23.8 Å². The maximum absolute atomic E-state index is 5.64. The monoisotopic (exact) mass is 577 g/mol. The first-order chi connectivity index (χ1) is 19.5. The van der Waals surface area contributed by atoms with Gasteiger partial charge in [-0.2, -0.15) is 0 Å². The minimum Gasteiger partial charge on any atom is -0.626 e. The first-order valence-electron chi connectivity index (χ1n) is 14.4. The molecule has 3 nitrogen and oxygen atoms in total.